The Morgan fingerprint density at radius 1 is 1.17 bits per heavy atom. The van der Waals surface area contributed by atoms with Gasteiger partial charge in [0.05, 0.1) is 12.3 Å². The van der Waals surface area contributed by atoms with Gasteiger partial charge in [-0.3, -0.25) is 0 Å². The van der Waals surface area contributed by atoms with Crippen LogP contribution < -0.4 is 4.74 Å². The molecule has 2 aromatic carbocycles. The number of aliphatic carboxylic acids is 1. The third-order valence-electron chi connectivity index (χ3n) is 5.07. The summed E-state index contributed by atoms with van der Waals surface area (Å²) in [6.07, 6.45) is 0.0550. The number of methoxy groups -OCH3 is 1. The van der Waals surface area contributed by atoms with E-state index in [0.717, 1.165) is 39.4 Å². The van der Waals surface area contributed by atoms with Crippen LogP contribution in [0.15, 0.2) is 40.8 Å². The number of carboxylic acid groups (broad SMARTS) is 1. The summed E-state index contributed by atoms with van der Waals surface area (Å²) in [6, 6.07) is 11.6. The van der Waals surface area contributed by atoms with Crippen molar-refractivity contribution >= 4 is 16.7 Å². The van der Waals surface area contributed by atoms with E-state index in [9.17, 15) is 9.90 Å². The number of hydrogen-bond donors (Lipinski definition) is 1. The van der Waals surface area contributed by atoms with E-state index in [4.69, 9.17) is 13.9 Å². The summed E-state index contributed by atoms with van der Waals surface area (Å²) in [5.74, 6) is 1.34. The fourth-order valence-corrected chi connectivity index (χ4v) is 3.35. The zero-order chi connectivity index (χ0) is 21.9. The van der Waals surface area contributed by atoms with Crippen LogP contribution >= 0.6 is 0 Å². The summed E-state index contributed by atoms with van der Waals surface area (Å²) in [6.45, 7) is 8.62. The second-order valence-electron chi connectivity index (χ2n) is 8.41. The molecule has 3 aromatic rings. The maximum atomic E-state index is 11.3. The van der Waals surface area contributed by atoms with Gasteiger partial charge in [-0.05, 0) is 23.9 Å². The number of rotatable bonds is 8. The molecule has 0 amide bonds. The van der Waals surface area contributed by atoms with Crippen LogP contribution in [0.4, 0.5) is 0 Å². The van der Waals surface area contributed by atoms with Gasteiger partial charge in [-0.15, -0.1) is 0 Å². The van der Waals surface area contributed by atoms with Crippen LogP contribution in [0.5, 0.6) is 5.75 Å². The summed E-state index contributed by atoms with van der Waals surface area (Å²) >= 11 is 0. The summed E-state index contributed by atoms with van der Waals surface area (Å²) < 4.78 is 17.0. The number of benzene rings is 2. The van der Waals surface area contributed by atoms with Gasteiger partial charge in [-0.2, -0.15) is 0 Å². The summed E-state index contributed by atoms with van der Waals surface area (Å²) in [5.41, 5.74) is 1.69. The van der Waals surface area contributed by atoms with Crippen molar-refractivity contribution in [2.45, 2.75) is 52.1 Å². The molecule has 0 aliphatic carbocycles. The minimum atomic E-state index is -0.973. The van der Waals surface area contributed by atoms with Gasteiger partial charge in [0.2, 0.25) is 0 Å². The number of aromatic nitrogens is 1. The summed E-state index contributed by atoms with van der Waals surface area (Å²) in [5, 5.41) is 11.2. The van der Waals surface area contributed by atoms with Crippen molar-refractivity contribution in [1.82, 2.24) is 4.98 Å². The Kier molecular flexibility index (Phi) is 6.46. The van der Waals surface area contributed by atoms with Crippen LogP contribution in [0.1, 0.15) is 43.7 Å². The fourth-order valence-electron chi connectivity index (χ4n) is 3.35. The van der Waals surface area contributed by atoms with Crippen LogP contribution in [0.3, 0.4) is 0 Å². The maximum Gasteiger partial charge on any atom is 0.333 e. The molecule has 1 N–H and O–H groups in total. The molecule has 0 aliphatic heterocycles. The molecule has 0 radical (unpaired) electrons. The van der Waals surface area contributed by atoms with Crippen LogP contribution in [0.25, 0.3) is 10.8 Å². The number of carboxylic acids is 1. The lowest BCUT2D eigenvalue weighted by Gasteiger charge is -2.15. The molecule has 1 atom stereocenters. The highest BCUT2D eigenvalue weighted by atomic mass is 16.5. The fraction of sp³-hybridized carbons (Fsp3) is 0.417. The van der Waals surface area contributed by atoms with E-state index in [1.54, 1.807) is 0 Å². The van der Waals surface area contributed by atoms with Crippen LogP contribution in [0, 0.1) is 6.92 Å². The van der Waals surface area contributed by atoms with Crippen molar-refractivity contribution in [2.75, 3.05) is 13.7 Å². The first-order valence-electron chi connectivity index (χ1n) is 10.1. The molecule has 3 rings (SSSR count). The summed E-state index contributed by atoms with van der Waals surface area (Å²) in [7, 11) is 1.41. The first kappa shape index (κ1) is 21.8. The van der Waals surface area contributed by atoms with Gasteiger partial charge in [-0.1, -0.05) is 51.1 Å². The largest absolute Gasteiger partial charge is 0.493 e. The SMILES string of the molecule is COC(Cc1ccc(OCCc2nc(C(C)(C)C)oc2C)c2ccccc12)C(=O)O. The normalized spacial score (nSPS) is 12.8. The predicted octanol–water partition coefficient (Wildman–Crippen LogP) is 4.70. The van der Waals surface area contributed by atoms with Crippen molar-refractivity contribution in [2.24, 2.45) is 0 Å². The standard InChI is InChI=1S/C24H29NO5/c1-15-19(25-23(30-15)24(2,3)4)12-13-29-20-11-10-16(14-21(28-5)22(26)27)17-8-6-7-9-18(17)20/h6-11,21H,12-14H2,1-5H3,(H,26,27). The maximum absolute atomic E-state index is 11.3. The smallest absolute Gasteiger partial charge is 0.333 e. The lowest BCUT2D eigenvalue weighted by molar-refractivity contribution is -0.148. The lowest BCUT2D eigenvalue weighted by atomic mass is 9.97. The Morgan fingerprint density at radius 2 is 1.87 bits per heavy atom. The number of nitrogens with zero attached hydrogens (tertiary/aromatic N) is 1. The summed E-state index contributed by atoms with van der Waals surface area (Å²) in [4.78, 5) is 16.0. The van der Waals surface area contributed by atoms with Crippen molar-refractivity contribution in [3.05, 3.63) is 59.3 Å². The first-order valence-corrected chi connectivity index (χ1v) is 10.1. The van der Waals surface area contributed by atoms with Crippen molar-refractivity contribution in [1.29, 1.82) is 0 Å². The van der Waals surface area contributed by atoms with E-state index in [-0.39, 0.29) is 5.41 Å². The highest BCUT2D eigenvalue weighted by Gasteiger charge is 2.22. The number of carbonyl (C=O) groups is 1. The second-order valence-corrected chi connectivity index (χ2v) is 8.41. The number of hydrogen-bond acceptors (Lipinski definition) is 5. The van der Waals surface area contributed by atoms with E-state index in [1.807, 2.05) is 43.3 Å². The zero-order valence-corrected chi connectivity index (χ0v) is 18.2. The average molecular weight is 411 g/mol. The molecule has 160 valence electrons. The highest BCUT2D eigenvalue weighted by Crippen LogP contribution is 2.30. The van der Waals surface area contributed by atoms with Gasteiger partial charge in [0, 0.05) is 30.8 Å². The minimum absolute atomic E-state index is 0.133. The molecular formula is C24H29NO5. The van der Waals surface area contributed by atoms with E-state index >= 15 is 0 Å². The van der Waals surface area contributed by atoms with Gasteiger partial charge >= 0.3 is 5.97 Å². The van der Waals surface area contributed by atoms with Gasteiger partial charge < -0.3 is 19.0 Å². The van der Waals surface area contributed by atoms with Gasteiger partial charge in [-0.25, -0.2) is 9.78 Å². The second kappa shape index (κ2) is 8.88. The van der Waals surface area contributed by atoms with E-state index in [0.29, 0.717) is 19.4 Å². The van der Waals surface area contributed by atoms with E-state index in [1.165, 1.54) is 7.11 Å². The van der Waals surface area contributed by atoms with Gasteiger partial charge in [0.25, 0.3) is 0 Å². The number of aryl methyl sites for hydroxylation is 1. The number of fused-ring (bicyclic) bond motifs is 1. The molecule has 30 heavy (non-hydrogen) atoms. The van der Waals surface area contributed by atoms with Crippen LogP contribution in [-0.2, 0) is 27.8 Å². The molecular weight excluding hydrogens is 382 g/mol. The molecule has 6 nitrogen and oxygen atoms in total. The van der Waals surface area contributed by atoms with Gasteiger partial charge in [0.15, 0.2) is 12.0 Å². The zero-order valence-electron chi connectivity index (χ0n) is 18.2. The van der Waals surface area contributed by atoms with Crippen molar-refractivity contribution < 1.29 is 23.8 Å². The predicted molar refractivity (Wildman–Crippen MR) is 115 cm³/mol. The quantitative estimate of drug-likeness (QED) is 0.579. The van der Waals surface area contributed by atoms with E-state index in [2.05, 4.69) is 25.8 Å². The highest BCUT2D eigenvalue weighted by molar-refractivity contribution is 5.91. The molecule has 1 aromatic heterocycles. The monoisotopic (exact) mass is 411 g/mol. The lowest BCUT2D eigenvalue weighted by Crippen LogP contribution is -2.24. The Labute approximate surface area is 176 Å². The molecule has 0 fully saturated rings. The Morgan fingerprint density at radius 3 is 2.47 bits per heavy atom. The third-order valence-corrected chi connectivity index (χ3v) is 5.07. The van der Waals surface area contributed by atoms with Crippen LogP contribution in [0.2, 0.25) is 0 Å². The Bertz CT molecular complexity index is 1030. The Balaban J connectivity index is 1.77. The Hall–Kier alpha value is -2.86. The molecule has 1 unspecified atom stereocenters. The molecule has 0 bridgehead atoms. The average Bonchev–Trinajstić information content (AvgIpc) is 3.08. The van der Waals surface area contributed by atoms with E-state index < -0.39 is 12.1 Å². The molecule has 0 saturated heterocycles. The number of oxazole rings is 1. The first-order chi connectivity index (χ1) is 14.2. The van der Waals surface area contributed by atoms with Crippen LogP contribution in [-0.4, -0.2) is 35.9 Å². The third kappa shape index (κ3) is 4.82. The molecule has 1 heterocycles. The van der Waals surface area contributed by atoms with Crippen molar-refractivity contribution in [3.63, 3.8) is 0 Å². The molecule has 0 saturated carbocycles. The van der Waals surface area contributed by atoms with Crippen molar-refractivity contribution in [3.8, 4) is 5.75 Å². The van der Waals surface area contributed by atoms with Gasteiger partial charge in [0.1, 0.15) is 11.5 Å². The topological polar surface area (TPSA) is 81.8 Å². The number of ether oxygens (including phenoxy) is 2. The molecule has 6 heteroatoms. The minimum Gasteiger partial charge on any atom is -0.493 e. The molecule has 0 aliphatic rings. The molecule has 0 spiro atoms.